The lowest BCUT2D eigenvalue weighted by atomic mass is 10.1. The van der Waals surface area contributed by atoms with Crippen LogP contribution in [0.1, 0.15) is 5.56 Å². The number of hydrogen-bond acceptors (Lipinski definition) is 1. The summed E-state index contributed by atoms with van der Waals surface area (Å²) in [5.74, 6) is -3.02. The van der Waals surface area contributed by atoms with Crippen LogP contribution in [0.3, 0.4) is 0 Å². The van der Waals surface area contributed by atoms with Crippen molar-refractivity contribution in [2.45, 2.75) is 6.42 Å². The van der Waals surface area contributed by atoms with Gasteiger partial charge in [-0.05, 0) is 24.1 Å². The average Bonchev–Trinajstić information content (AvgIpc) is 2.30. The van der Waals surface area contributed by atoms with Crippen molar-refractivity contribution in [3.63, 3.8) is 0 Å². The van der Waals surface area contributed by atoms with Crippen LogP contribution < -0.4 is 0 Å². The van der Waals surface area contributed by atoms with Gasteiger partial charge in [-0.2, -0.15) is 0 Å². The summed E-state index contributed by atoms with van der Waals surface area (Å²) in [6.07, 6.45) is 0.347. The highest BCUT2D eigenvalue weighted by Gasteiger charge is 2.10. The first-order valence-corrected chi connectivity index (χ1v) is 5.85. The van der Waals surface area contributed by atoms with E-state index in [1.54, 1.807) is 0 Å². The van der Waals surface area contributed by atoms with E-state index in [9.17, 15) is 13.2 Å². The van der Waals surface area contributed by atoms with Crippen molar-refractivity contribution < 1.29 is 13.2 Å². The molecule has 0 aliphatic rings. The maximum atomic E-state index is 13.0. The predicted molar refractivity (Wildman–Crippen MR) is 69.7 cm³/mol. The van der Waals surface area contributed by atoms with Crippen molar-refractivity contribution in [3.05, 3.63) is 35.1 Å². The molecule has 106 valence electrons. The van der Waals surface area contributed by atoms with Crippen LogP contribution in [-0.4, -0.2) is 50.5 Å². The molecule has 0 N–H and O–H groups in total. The van der Waals surface area contributed by atoms with Gasteiger partial charge in [0.15, 0.2) is 23.4 Å². The van der Waals surface area contributed by atoms with Crippen LogP contribution in [0.2, 0.25) is 0 Å². The zero-order chi connectivity index (χ0) is 14.6. The summed E-state index contributed by atoms with van der Waals surface area (Å²) < 4.78 is 38.8. The van der Waals surface area contributed by atoms with E-state index in [0.717, 1.165) is 18.1 Å². The molecule has 0 amide bonds. The topological polar surface area (TPSA) is 18.8 Å². The normalized spacial score (nSPS) is 10.3. The Morgan fingerprint density at radius 3 is 1.89 bits per heavy atom. The van der Waals surface area contributed by atoms with E-state index in [2.05, 4.69) is 4.99 Å². The predicted octanol–water partition coefficient (Wildman–Crippen LogP) is 2.13. The molecule has 6 heteroatoms. The molecular weight excluding hydrogens is 255 g/mol. The van der Waals surface area contributed by atoms with Gasteiger partial charge in [0.1, 0.15) is 0 Å². The van der Waals surface area contributed by atoms with Gasteiger partial charge in [-0.3, -0.25) is 4.99 Å². The Bertz CT molecular complexity index is 437. The van der Waals surface area contributed by atoms with Gasteiger partial charge >= 0.3 is 0 Å². The Balaban J connectivity index is 2.75. The maximum Gasteiger partial charge on any atom is 0.195 e. The number of hydrogen-bond donors (Lipinski definition) is 0. The summed E-state index contributed by atoms with van der Waals surface area (Å²) in [6, 6.07) is 2.00. The minimum absolute atomic E-state index is 0.347. The molecule has 0 saturated heterocycles. The Morgan fingerprint density at radius 2 is 1.47 bits per heavy atom. The van der Waals surface area contributed by atoms with Gasteiger partial charge < -0.3 is 9.80 Å². The van der Waals surface area contributed by atoms with Crippen LogP contribution in [0.5, 0.6) is 0 Å². The third-order valence-corrected chi connectivity index (χ3v) is 2.50. The van der Waals surface area contributed by atoms with E-state index in [0.29, 0.717) is 18.5 Å². The third-order valence-electron chi connectivity index (χ3n) is 2.50. The number of benzene rings is 1. The van der Waals surface area contributed by atoms with Crippen molar-refractivity contribution in [2.24, 2.45) is 4.99 Å². The summed E-state index contributed by atoms with van der Waals surface area (Å²) in [4.78, 5) is 8.01. The van der Waals surface area contributed by atoms with Gasteiger partial charge in [0.05, 0.1) is 0 Å². The van der Waals surface area contributed by atoms with Crippen molar-refractivity contribution in [2.75, 3.05) is 34.7 Å². The molecule has 0 aliphatic carbocycles. The van der Waals surface area contributed by atoms with Crippen LogP contribution in [-0.2, 0) is 6.42 Å². The molecule has 0 saturated carbocycles. The molecule has 0 bridgehead atoms. The summed E-state index contributed by atoms with van der Waals surface area (Å²) in [5, 5.41) is 0. The van der Waals surface area contributed by atoms with Crippen molar-refractivity contribution in [1.82, 2.24) is 9.80 Å². The van der Waals surface area contributed by atoms with Gasteiger partial charge in [-0.15, -0.1) is 0 Å². The quantitative estimate of drug-likeness (QED) is 0.477. The van der Waals surface area contributed by atoms with E-state index in [-0.39, 0.29) is 0 Å². The van der Waals surface area contributed by atoms with Crippen LogP contribution in [0.4, 0.5) is 13.2 Å². The van der Waals surface area contributed by atoms with Gasteiger partial charge in [0.25, 0.3) is 0 Å². The lowest BCUT2D eigenvalue weighted by molar-refractivity contribution is 0.445. The zero-order valence-corrected chi connectivity index (χ0v) is 11.5. The summed E-state index contributed by atoms with van der Waals surface area (Å²) in [5.41, 5.74) is 0.386. The number of rotatable bonds is 3. The smallest absolute Gasteiger partial charge is 0.195 e. The SMILES string of the molecule is CN(C)C(=NCCc1cc(F)c(F)c(F)c1)N(C)C. The molecule has 0 aromatic heterocycles. The lowest BCUT2D eigenvalue weighted by Crippen LogP contribution is -2.35. The van der Waals surface area contributed by atoms with E-state index < -0.39 is 17.5 Å². The van der Waals surface area contributed by atoms with Crippen LogP contribution in [0.15, 0.2) is 17.1 Å². The molecule has 3 nitrogen and oxygen atoms in total. The standard InChI is InChI=1S/C13H18F3N3/c1-18(2)13(19(3)4)17-6-5-9-7-10(14)12(16)11(15)8-9/h7-8H,5-6H2,1-4H3. The van der Waals surface area contributed by atoms with Crippen LogP contribution in [0.25, 0.3) is 0 Å². The molecule has 0 spiro atoms. The molecule has 0 radical (unpaired) electrons. The Morgan fingerprint density at radius 1 is 1.00 bits per heavy atom. The first kappa shape index (κ1) is 15.3. The van der Waals surface area contributed by atoms with Crippen molar-refractivity contribution >= 4 is 5.96 Å². The molecule has 0 aliphatic heterocycles. The maximum absolute atomic E-state index is 13.0. The zero-order valence-electron chi connectivity index (χ0n) is 11.5. The molecule has 0 atom stereocenters. The van der Waals surface area contributed by atoms with Gasteiger partial charge in [0.2, 0.25) is 0 Å². The van der Waals surface area contributed by atoms with Crippen molar-refractivity contribution in [3.8, 4) is 0 Å². The molecule has 0 fully saturated rings. The summed E-state index contributed by atoms with van der Waals surface area (Å²) >= 11 is 0. The fraction of sp³-hybridized carbons (Fsp3) is 0.462. The minimum Gasteiger partial charge on any atom is -0.349 e. The fourth-order valence-electron chi connectivity index (χ4n) is 1.72. The summed E-state index contributed by atoms with van der Waals surface area (Å²) in [6.45, 7) is 0.371. The van der Waals surface area contributed by atoms with Gasteiger partial charge in [0, 0.05) is 34.7 Å². The monoisotopic (exact) mass is 273 g/mol. The fourth-order valence-corrected chi connectivity index (χ4v) is 1.72. The average molecular weight is 273 g/mol. The van der Waals surface area contributed by atoms with E-state index >= 15 is 0 Å². The molecule has 1 aromatic carbocycles. The second kappa shape index (κ2) is 6.45. The third kappa shape index (κ3) is 4.15. The second-order valence-electron chi connectivity index (χ2n) is 4.59. The Hall–Kier alpha value is -1.72. The summed E-state index contributed by atoms with van der Waals surface area (Å²) in [7, 11) is 7.43. The highest BCUT2D eigenvalue weighted by molar-refractivity contribution is 5.79. The number of halogens is 3. The number of nitrogens with zero attached hydrogens (tertiary/aromatic N) is 3. The molecule has 0 unspecified atom stereocenters. The molecule has 19 heavy (non-hydrogen) atoms. The Kier molecular flexibility index (Phi) is 5.20. The van der Waals surface area contributed by atoms with Crippen molar-refractivity contribution in [1.29, 1.82) is 0 Å². The highest BCUT2D eigenvalue weighted by atomic mass is 19.2. The number of guanidine groups is 1. The van der Waals surface area contributed by atoms with E-state index in [4.69, 9.17) is 0 Å². The minimum atomic E-state index is -1.44. The van der Waals surface area contributed by atoms with Gasteiger partial charge in [-0.25, -0.2) is 13.2 Å². The van der Waals surface area contributed by atoms with E-state index in [1.165, 1.54) is 0 Å². The molecule has 0 heterocycles. The molecular formula is C13H18F3N3. The number of aliphatic imine (C=N–C) groups is 1. The van der Waals surface area contributed by atoms with E-state index in [1.807, 2.05) is 38.0 Å². The van der Waals surface area contributed by atoms with Crippen LogP contribution in [0, 0.1) is 17.5 Å². The second-order valence-corrected chi connectivity index (χ2v) is 4.59. The van der Waals surface area contributed by atoms with Crippen LogP contribution >= 0.6 is 0 Å². The largest absolute Gasteiger partial charge is 0.349 e. The lowest BCUT2D eigenvalue weighted by Gasteiger charge is -2.22. The first-order chi connectivity index (χ1) is 8.82. The first-order valence-electron chi connectivity index (χ1n) is 5.85. The Labute approximate surface area is 111 Å². The molecule has 1 aromatic rings. The molecule has 1 rings (SSSR count). The van der Waals surface area contributed by atoms with Gasteiger partial charge in [-0.1, -0.05) is 0 Å². The highest BCUT2D eigenvalue weighted by Crippen LogP contribution is 2.14.